The molecule has 1 aliphatic rings. The largest absolute Gasteiger partial charge is 0.396 e. The molecular formula is C16H24FN3O2. The zero-order chi connectivity index (χ0) is 16.1. The van der Waals surface area contributed by atoms with Crippen molar-refractivity contribution in [2.75, 3.05) is 38.7 Å². The molecule has 22 heavy (non-hydrogen) atoms. The van der Waals surface area contributed by atoms with Gasteiger partial charge in [-0.25, -0.2) is 9.18 Å². The first kappa shape index (κ1) is 16.5. The number of rotatable bonds is 4. The molecular weight excluding hydrogens is 285 g/mol. The van der Waals surface area contributed by atoms with Gasteiger partial charge in [-0.3, -0.25) is 0 Å². The highest BCUT2D eigenvalue weighted by Crippen LogP contribution is 2.19. The minimum atomic E-state index is -0.291. The van der Waals surface area contributed by atoms with Crippen LogP contribution in [-0.4, -0.2) is 49.8 Å². The molecule has 1 fully saturated rings. The van der Waals surface area contributed by atoms with Crippen molar-refractivity contribution in [2.24, 2.45) is 5.92 Å². The molecule has 0 bridgehead atoms. The van der Waals surface area contributed by atoms with E-state index in [1.165, 1.54) is 6.07 Å². The van der Waals surface area contributed by atoms with Crippen LogP contribution in [0.1, 0.15) is 18.4 Å². The van der Waals surface area contributed by atoms with Gasteiger partial charge < -0.3 is 20.2 Å². The minimum absolute atomic E-state index is 0.131. The van der Waals surface area contributed by atoms with E-state index in [2.05, 4.69) is 5.32 Å². The lowest BCUT2D eigenvalue weighted by molar-refractivity contribution is 0.137. The molecule has 0 atom stereocenters. The maximum atomic E-state index is 13.9. The number of hydrogen-bond acceptors (Lipinski definition) is 3. The molecule has 0 radical (unpaired) electrons. The summed E-state index contributed by atoms with van der Waals surface area (Å²) in [5.41, 5.74) is 1.27. The number of aliphatic hydroxyl groups excluding tert-OH is 1. The fraction of sp³-hybridized carbons (Fsp3) is 0.562. The molecule has 0 unspecified atom stereocenters. The highest BCUT2D eigenvalue weighted by molar-refractivity contribution is 5.74. The Morgan fingerprint density at radius 1 is 1.41 bits per heavy atom. The number of anilines is 1. The zero-order valence-electron chi connectivity index (χ0n) is 13.2. The molecule has 1 aromatic carbocycles. The first-order valence-electron chi connectivity index (χ1n) is 7.60. The quantitative estimate of drug-likeness (QED) is 0.892. The zero-order valence-corrected chi connectivity index (χ0v) is 13.2. The number of carbonyl (C=O) groups excluding carboxylic acids is 1. The van der Waals surface area contributed by atoms with Crippen molar-refractivity contribution in [1.29, 1.82) is 0 Å². The average molecular weight is 309 g/mol. The van der Waals surface area contributed by atoms with Gasteiger partial charge in [0, 0.05) is 40.3 Å². The Labute approximate surface area is 130 Å². The molecule has 0 saturated carbocycles. The Kier molecular flexibility index (Phi) is 5.60. The highest BCUT2D eigenvalue weighted by Gasteiger charge is 2.21. The summed E-state index contributed by atoms with van der Waals surface area (Å²) in [4.78, 5) is 15.5. The topological polar surface area (TPSA) is 55.8 Å². The number of halogens is 1. The van der Waals surface area contributed by atoms with E-state index in [4.69, 9.17) is 5.11 Å². The molecule has 1 aliphatic heterocycles. The SMILES string of the molecule is CN(C)c1ccc(CNC(=O)N2CCC(CO)CC2)cc1F. The number of benzene rings is 1. The smallest absolute Gasteiger partial charge is 0.317 e. The van der Waals surface area contributed by atoms with Crippen molar-refractivity contribution in [3.8, 4) is 0 Å². The van der Waals surface area contributed by atoms with E-state index < -0.39 is 0 Å². The summed E-state index contributed by atoms with van der Waals surface area (Å²) in [6.45, 7) is 1.81. The van der Waals surface area contributed by atoms with Crippen molar-refractivity contribution in [2.45, 2.75) is 19.4 Å². The van der Waals surface area contributed by atoms with Gasteiger partial charge in [-0.1, -0.05) is 6.07 Å². The average Bonchev–Trinajstić information content (AvgIpc) is 2.52. The van der Waals surface area contributed by atoms with Gasteiger partial charge in [-0.15, -0.1) is 0 Å². The van der Waals surface area contributed by atoms with Crippen molar-refractivity contribution in [3.63, 3.8) is 0 Å². The normalized spacial score (nSPS) is 15.7. The van der Waals surface area contributed by atoms with Crippen LogP contribution >= 0.6 is 0 Å². The third-order valence-electron chi connectivity index (χ3n) is 4.10. The number of aliphatic hydroxyl groups is 1. The molecule has 2 amide bonds. The van der Waals surface area contributed by atoms with E-state index in [0.29, 0.717) is 31.2 Å². The fourth-order valence-electron chi connectivity index (χ4n) is 2.63. The number of nitrogens with one attached hydrogen (secondary N) is 1. The number of amides is 2. The van der Waals surface area contributed by atoms with Crippen LogP contribution in [0.5, 0.6) is 0 Å². The van der Waals surface area contributed by atoms with Gasteiger partial charge in [0.05, 0.1) is 5.69 Å². The van der Waals surface area contributed by atoms with E-state index in [0.717, 1.165) is 18.4 Å². The van der Waals surface area contributed by atoms with Gasteiger partial charge in [0.25, 0.3) is 0 Å². The van der Waals surface area contributed by atoms with E-state index in [1.54, 1.807) is 30.0 Å². The molecule has 2 N–H and O–H groups in total. The van der Waals surface area contributed by atoms with E-state index in [9.17, 15) is 9.18 Å². The molecule has 5 nitrogen and oxygen atoms in total. The standard InChI is InChI=1S/C16H24FN3O2/c1-19(2)15-4-3-13(9-14(15)17)10-18-16(22)20-7-5-12(11-21)6-8-20/h3-4,9,12,21H,5-8,10-11H2,1-2H3,(H,18,22). The molecule has 1 heterocycles. The van der Waals surface area contributed by atoms with Crippen LogP contribution in [0.15, 0.2) is 18.2 Å². The second kappa shape index (κ2) is 7.45. The summed E-state index contributed by atoms with van der Waals surface area (Å²) in [5.74, 6) is 0.0113. The van der Waals surface area contributed by atoms with E-state index >= 15 is 0 Å². The van der Waals surface area contributed by atoms with E-state index in [-0.39, 0.29) is 18.5 Å². The van der Waals surface area contributed by atoms with Gasteiger partial charge in [0.15, 0.2) is 0 Å². The van der Waals surface area contributed by atoms with Crippen molar-refractivity contribution < 1.29 is 14.3 Å². The summed E-state index contributed by atoms with van der Waals surface area (Å²) in [5, 5.41) is 11.9. The predicted molar refractivity (Wildman–Crippen MR) is 84.3 cm³/mol. The number of nitrogens with zero attached hydrogens (tertiary/aromatic N) is 2. The van der Waals surface area contributed by atoms with Gasteiger partial charge in [0.1, 0.15) is 5.82 Å². The molecule has 0 aromatic heterocycles. The minimum Gasteiger partial charge on any atom is -0.396 e. The molecule has 6 heteroatoms. The monoisotopic (exact) mass is 309 g/mol. The molecule has 1 saturated heterocycles. The summed E-state index contributed by atoms with van der Waals surface area (Å²) in [6.07, 6.45) is 1.66. The lowest BCUT2D eigenvalue weighted by atomic mass is 9.98. The lowest BCUT2D eigenvalue weighted by Gasteiger charge is -2.31. The number of carbonyl (C=O) groups is 1. The summed E-state index contributed by atoms with van der Waals surface area (Å²) in [6, 6.07) is 4.85. The van der Waals surface area contributed by atoms with Crippen LogP contribution in [0.2, 0.25) is 0 Å². The second-order valence-corrected chi connectivity index (χ2v) is 5.95. The lowest BCUT2D eigenvalue weighted by Crippen LogP contribution is -2.44. The molecule has 1 aromatic rings. The van der Waals surface area contributed by atoms with Gasteiger partial charge in [-0.2, -0.15) is 0 Å². The Morgan fingerprint density at radius 2 is 2.09 bits per heavy atom. The molecule has 0 aliphatic carbocycles. The van der Waals surface area contributed by atoms with Crippen LogP contribution in [0.4, 0.5) is 14.9 Å². The first-order valence-corrected chi connectivity index (χ1v) is 7.60. The van der Waals surface area contributed by atoms with Gasteiger partial charge >= 0.3 is 6.03 Å². The summed E-state index contributed by atoms with van der Waals surface area (Å²) >= 11 is 0. The Hall–Kier alpha value is -1.82. The Bertz CT molecular complexity index is 514. The van der Waals surface area contributed by atoms with Gasteiger partial charge in [0.2, 0.25) is 0 Å². The van der Waals surface area contributed by atoms with Gasteiger partial charge in [-0.05, 0) is 36.5 Å². The van der Waals surface area contributed by atoms with Crippen LogP contribution < -0.4 is 10.2 Å². The van der Waals surface area contributed by atoms with Crippen molar-refractivity contribution >= 4 is 11.7 Å². The molecule has 2 rings (SSSR count). The maximum absolute atomic E-state index is 13.9. The van der Waals surface area contributed by atoms with Crippen molar-refractivity contribution in [1.82, 2.24) is 10.2 Å². The third kappa shape index (κ3) is 4.10. The van der Waals surface area contributed by atoms with Crippen LogP contribution in [0, 0.1) is 11.7 Å². The highest BCUT2D eigenvalue weighted by atomic mass is 19.1. The predicted octanol–water partition coefficient (Wildman–Crippen LogP) is 1.81. The molecule has 0 spiro atoms. The maximum Gasteiger partial charge on any atom is 0.317 e. The number of likely N-dealkylation sites (tertiary alicyclic amines) is 1. The Balaban J connectivity index is 1.85. The third-order valence-corrected chi connectivity index (χ3v) is 4.10. The van der Waals surface area contributed by atoms with Crippen LogP contribution in [0.25, 0.3) is 0 Å². The van der Waals surface area contributed by atoms with Crippen molar-refractivity contribution in [3.05, 3.63) is 29.6 Å². The van der Waals surface area contributed by atoms with Crippen LogP contribution in [0.3, 0.4) is 0 Å². The Morgan fingerprint density at radius 3 is 2.64 bits per heavy atom. The van der Waals surface area contributed by atoms with E-state index in [1.807, 2.05) is 6.07 Å². The summed E-state index contributed by atoms with van der Waals surface area (Å²) in [7, 11) is 3.58. The number of piperidine rings is 1. The fourth-order valence-corrected chi connectivity index (χ4v) is 2.63. The van der Waals surface area contributed by atoms with Crippen LogP contribution in [-0.2, 0) is 6.54 Å². The number of hydrogen-bond donors (Lipinski definition) is 2. The second-order valence-electron chi connectivity index (χ2n) is 5.95. The molecule has 122 valence electrons. The first-order chi connectivity index (χ1) is 10.5. The summed E-state index contributed by atoms with van der Waals surface area (Å²) < 4.78 is 13.9. The number of urea groups is 1.